The first-order valence-electron chi connectivity index (χ1n) is 5.07. The van der Waals surface area contributed by atoms with Crippen LogP contribution in [0.5, 0.6) is 0 Å². The van der Waals surface area contributed by atoms with Gasteiger partial charge in [-0.15, -0.1) is 0 Å². The van der Waals surface area contributed by atoms with Gasteiger partial charge in [0, 0.05) is 17.2 Å². The molecule has 0 heterocycles. The fraction of sp³-hybridized carbons (Fsp3) is 0.250. The third kappa shape index (κ3) is 2.84. The van der Waals surface area contributed by atoms with Gasteiger partial charge in [0.1, 0.15) is 0 Å². The number of benzene rings is 1. The molecule has 0 saturated carbocycles. The van der Waals surface area contributed by atoms with Crippen molar-refractivity contribution in [2.75, 3.05) is 13.7 Å². The number of nitrogens with two attached hydrogens (primary N) is 1. The average Bonchev–Trinajstić information content (AvgIpc) is 2.36. The summed E-state index contributed by atoms with van der Waals surface area (Å²) in [5, 5.41) is 10.9. The minimum absolute atomic E-state index is 0.132. The molecule has 0 spiro atoms. The van der Waals surface area contributed by atoms with Crippen LogP contribution < -0.4 is 5.73 Å². The highest BCUT2D eigenvalue weighted by Gasteiger charge is 2.20. The predicted octanol–water partition coefficient (Wildman–Crippen LogP) is 1.00. The van der Waals surface area contributed by atoms with Crippen LogP contribution >= 0.6 is 0 Å². The van der Waals surface area contributed by atoms with E-state index in [1.807, 2.05) is 0 Å². The Kier molecular flexibility index (Phi) is 4.40. The molecule has 2 N–H and O–H groups in total. The molecule has 0 aromatic heterocycles. The number of rotatable bonds is 2. The molecule has 18 heavy (non-hydrogen) atoms. The molecule has 0 aliphatic heterocycles. The van der Waals surface area contributed by atoms with Gasteiger partial charge in [-0.2, -0.15) is 0 Å². The lowest BCUT2D eigenvalue weighted by molar-refractivity contribution is -0.385. The van der Waals surface area contributed by atoms with Crippen LogP contribution in [0.3, 0.4) is 0 Å². The summed E-state index contributed by atoms with van der Waals surface area (Å²) >= 11 is 0. The van der Waals surface area contributed by atoms with Gasteiger partial charge in [0.2, 0.25) is 0 Å². The van der Waals surface area contributed by atoms with E-state index in [9.17, 15) is 14.9 Å². The molecule has 0 aliphatic rings. The van der Waals surface area contributed by atoms with E-state index in [1.54, 1.807) is 0 Å². The van der Waals surface area contributed by atoms with Crippen molar-refractivity contribution in [3.8, 4) is 11.8 Å². The number of methoxy groups -OCH3 is 1. The average molecular weight is 248 g/mol. The molecule has 0 bridgehead atoms. The van der Waals surface area contributed by atoms with Crippen molar-refractivity contribution in [1.29, 1.82) is 0 Å². The van der Waals surface area contributed by atoms with Crippen molar-refractivity contribution < 1.29 is 14.5 Å². The number of carbonyl (C=O) groups excluding carboxylic acids is 1. The van der Waals surface area contributed by atoms with Gasteiger partial charge in [-0.1, -0.05) is 11.8 Å². The van der Waals surface area contributed by atoms with E-state index in [0.29, 0.717) is 5.56 Å². The largest absolute Gasteiger partial charge is 0.465 e. The fourth-order valence-electron chi connectivity index (χ4n) is 1.44. The van der Waals surface area contributed by atoms with Crippen LogP contribution in [0, 0.1) is 28.9 Å². The highest BCUT2D eigenvalue weighted by molar-refractivity contribution is 5.92. The predicted molar refractivity (Wildman–Crippen MR) is 65.1 cm³/mol. The maximum Gasteiger partial charge on any atom is 0.338 e. The fourth-order valence-corrected chi connectivity index (χ4v) is 1.44. The van der Waals surface area contributed by atoms with Gasteiger partial charge in [-0.3, -0.25) is 10.1 Å². The van der Waals surface area contributed by atoms with E-state index in [-0.39, 0.29) is 23.4 Å². The Bertz CT molecular complexity index is 555. The van der Waals surface area contributed by atoms with Gasteiger partial charge in [-0.25, -0.2) is 4.79 Å². The standard InChI is InChI=1S/C12H12N2O4/c1-8-10(12(15)18-2)6-9(4-3-5-13)7-11(8)14(16)17/h6-7H,5,13H2,1-2H3. The molecule has 6 heteroatoms. The van der Waals surface area contributed by atoms with Gasteiger partial charge in [0.15, 0.2) is 0 Å². The minimum atomic E-state index is -0.632. The number of carbonyl (C=O) groups is 1. The molecular formula is C12H12N2O4. The van der Waals surface area contributed by atoms with Crippen LogP contribution in [0.2, 0.25) is 0 Å². The maximum atomic E-state index is 11.5. The molecule has 1 aromatic carbocycles. The molecule has 1 aromatic rings. The van der Waals surface area contributed by atoms with Gasteiger partial charge >= 0.3 is 5.97 Å². The molecule has 1 rings (SSSR count). The molecule has 0 fully saturated rings. The minimum Gasteiger partial charge on any atom is -0.465 e. The SMILES string of the molecule is COC(=O)c1cc(C#CCN)cc([N+](=O)[O-])c1C. The summed E-state index contributed by atoms with van der Waals surface area (Å²) in [5.41, 5.74) is 5.81. The van der Waals surface area contributed by atoms with Crippen molar-refractivity contribution in [3.63, 3.8) is 0 Å². The number of nitro groups is 1. The maximum absolute atomic E-state index is 11.5. The lowest BCUT2D eigenvalue weighted by Crippen LogP contribution is -2.07. The molecular weight excluding hydrogens is 236 g/mol. The zero-order chi connectivity index (χ0) is 13.7. The lowest BCUT2D eigenvalue weighted by atomic mass is 10.0. The summed E-state index contributed by atoms with van der Waals surface area (Å²) in [7, 11) is 1.21. The van der Waals surface area contributed by atoms with E-state index < -0.39 is 10.9 Å². The lowest BCUT2D eigenvalue weighted by Gasteiger charge is -2.05. The van der Waals surface area contributed by atoms with E-state index in [4.69, 9.17) is 5.73 Å². The van der Waals surface area contributed by atoms with E-state index in [0.717, 1.165) is 0 Å². The first-order valence-corrected chi connectivity index (χ1v) is 5.07. The van der Waals surface area contributed by atoms with Crippen LogP contribution in [0.25, 0.3) is 0 Å². The number of ether oxygens (including phenoxy) is 1. The first kappa shape index (κ1) is 13.7. The summed E-state index contributed by atoms with van der Waals surface area (Å²) in [6.45, 7) is 1.62. The highest BCUT2D eigenvalue weighted by atomic mass is 16.6. The quantitative estimate of drug-likeness (QED) is 0.364. The summed E-state index contributed by atoms with van der Waals surface area (Å²) in [4.78, 5) is 21.8. The molecule has 0 radical (unpaired) electrons. The second-order valence-electron chi connectivity index (χ2n) is 3.42. The Hall–Kier alpha value is -2.39. The Morgan fingerprint density at radius 3 is 2.72 bits per heavy atom. The van der Waals surface area contributed by atoms with Crippen LogP contribution in [-0.4, -0.2) is 24.5 Å². The monoisotopic (exact) mass is 248 g/mol. The number of nitro benzene ring substituents is 1. The number of nitrogens with zero attached hydrogens (tertiary/aromatic N) is 1. The van der Waals surface area contributed by atoms with Crippen LogP contribution in [0.1, 0.15) is 21.5 Å². The van der Waals surface area contributed by atoms with Crippen LogP contribution in [-0.2, 0) is 4.74 Å². The van der Waals surface area contributed by atoms with Gasteiger partial charge < -0.3 is 10.5 Å². The normalized spacial score (nSPS) is 9.28. The van der Waals surface area contributed by atoms with E-state index in [1.165, 1.54) is 26.2 Å². The third-order valence-electron chi connectivity index (χ3n) is 2.32. The molecule has 6 nitrogen and oxygen atoms in total. The molecule has 0 aliphatic carbocycles. The molecule has 0 atom stereocenters. The summed E-state index contributed by atoms with van der Waals surface area (Å²) in [5.74, 6) is 4.60. The second-order valence-corrected chi connectivity index (χ2v) is 3.42. The summed E-state index contributed by atoms with van der Waals surface area (Å²) in [6.07, 6.45) is 0. The topological polar surface area (TPSA) is 95.5 Å². The van der Waals surface area contributed by atoms with Crippen LogP contribution in [0.4, 0.5) is 5.69 Å². The smallest absolute Gasteiger partial charge is 0.338 e. The molecule has 0 saturated heterocycles. The van der Waals surface area contributed by atoms with Gasteiger partial charge in [0.25, 0.3) is 5.69 Å². The zero-order valence-corrected chi connectivity index (χ0v) is 10.0. The van der Waals surface area contributed by atoms with Crippen molar-refractivity contribution in [1.82, 2.24) is 0 Å². The number of esters is 1. The Morgan fingerprint density at radius 2 is 2.22 bits per heavy atom. The Labute approximate surface area is 104 Å². The Morgan fingerprint density at radius 1 is 1.56 bits per heavy atom. The molecule has 0 unspecified atom stereocenters. The first-order chi connectivity index (χ1) is 8.51. The van der Waals surface area contributed by atoms with E-state index >= 15 is 0 Å². The zero-order valence-electron chi connectivity index (χ0n) is 10.0. The van der Waals surface area contributed by atoms with Crippen LogP contribution in [0.15, 0.2) is 12.1 Å². The van der Waals surface area contributed by atoms with Crippen molar-refractivity contribution in [3.05, 3.63) is 38.9 Å². The van der Waals surface area contributed by atoms with Crippen molar-refractivity contribution >= 4 is 11.7 Å². The number of hydrogen-bond acceptors (Lipinski definition) is 5. The number of hydrogen-bond donors (Lipinski definition) is 1. The molecule has 0 amide bonds. The summed E-state index contributed by atoms with van der Waals surface area (Å²) < 4.78 is 4.58. The van der Waals surface area contributed by atoms with Gasteiger partial charge in [-0.05, 0) is 13.0 Å². The third-order valence-corrected chi connectivity index (χ3v) is 2.32. The Balaban J connectivity index is 3.46. The summed E-state index contributed by atoms with van der Waals surface area (Å²) in [6, 6.07) is 2.77. The molecule has 94 valence electrons. The highest BCUT2D eigenvalue weighted by Crippen LogP contribution is 2.24. The van der Waals surface area contributed by atoms with Crippen molar-refractivity contribution in [2.45, 2.75) is 6.92 Å². The second kappa shape index (κ2) is 5.80. The van der Waals surface area contributed by atoms with E-state index in [2.05, 4.69) is 16.6 Å². The van der Waals surface area contributed by atoms with Gasteiger partial charge in [0.05, 0.1) is 24.1 Å². The van der Waals surface area contributed by atoms with Crippen molar-refractivity contribution in [2.24, 2.45) is 5.73 Å².